The number of aliphatic hydroxyl groups excluding tert-OH is 1. The highest BCUT2D eigenvalue weighted by Crippen LogP contribution is 2.42. The Hall–Kier alpha value is -1.36. The monoisotopic (exact) mass is 333 g/mol. The second kappa shape index (κ2) is 7.26. The van der Waals surface area contributed by atoms with Gasteiger partial charge >= 0.3 is 0 Å². The molecule has 0 aromatic carbocycles. The van der Waals surface area contributed by atoms with Gasteiger partial charge in [0.1, 0.15) is 0 Å². The molecule has 0 bridgehead atoms. The molecule has 2 saturated carbocycles. The Bertz CT molecular complexity index is 577. The summed E-state index contributed by atoms with van der Waals surface area (Å²) in [5.74, 6) is 1.28. The Morgan fingerprint density at radius 1 is 1.33 bits per heavy atom. The van der Waals surface area contributed by atoms with Crippen LogP contribution in [0, 0.1) is 11.8 Å². The molecule has 1 aromatic rings. The molecular formula is C19H31N3O2. The second-order valence-electron chi connectivity index (χ2n) is 8.09. The van der Waals surface area contributed by atoms with Crippen molar-refractivity contribution in [2.75, 3.05) is 13.6 Å². The van der Waals surface area contributed by atoms with Crippen LogP contribution in [-0.4, -0.2) is 45.4 Å². The van der Waals surface area contributed by atoms with Gasteiger partial charge in [0.05, 0.1) is 23.6 Å². The van der Waals surface area contributed by atoms with E-state index in [-0.39, 0.29) is 17.9 Å². The van der Waals surface area contributed by atoms with Crippen molar-refractivity contribution >= 4 is 5.91 Å². The minimum atomic E-state index is -0.263. The zero-order valence-electron chi connectivity index (χ0n) is 15.2. The van der Waals surface area contributed by atoms with Crippen LogP contribution < -0.4 is 0 Å². The lowest BCUT2D eigenvalue weighted by molar-refractivity contribution is 0.0450. The molecule has 2 fully saturated rings. The molecule has 2 aliphatic rings. The van der Waals surface area contributed by atoms with E-state index in [0.717, 1.165) is 56.3 Å². The summed E-state index contributed by atoms with van der Waals surface area (Å²) in [7, 11) is 1.86. The molecule has 24 heavy (non-hydrogen) atoms. The fraction of sp³-hybridized carbons (Fsp3) is 0.789. The lowest BCUT2D eigenvalue weighted by Gasteiger charge is -2.31. The van der Waals surface area contributed by atoms with E-state index in [1.54, 1.807) is 11.1 Å². The number of aromatic nitrogens is 2. The summed E-state index contributed by atoms with van der Waals surface area (Å²) in [5.41, 5.74) is 1.90. The van der Waals surface area contributed by atoms with Crippen molar-refractivity contribution in [3.63, 3.8) is 0 Å². The molecule has 0 saturated heterocycles. The maximum absolute atomic E-state index is 13.0. The van der Waals surface area contributed by atoms with Gasteiger partial charge in [-0.15, -0.1) is 0 Å². The summed E-state index contributed by atoms with van der Waals surface area (Å²) in [6.45, 7) is 5.86. The summed E-state index contributed by atoms with van der Waals surface area (Å²) < 4.78 is 2.04. The number of hydrogen-bond donors (Lipinski definition) is 1. The number of nitrogens with zero attached hydrogens (tertiary/aromatic N) is 3. The van der Waals surface area contributed by atoms with Crippen LogP contribution in [0.1, 0.15) is 74.3 Å². The first-order valence-corrected chi connectivity index (χ1v) is 9.46. The SMILES string of the molecule is CC(C)Cn1ncc(C(=O)N(C)CC2CCCCC2O)c1C1CC1. The summed E-state index contributed by atoms with van der Waals surface area (Å²) in [6, 6.07) is 0. The van der Waals surface area contributed by atoms with Crippen LogP contribution in [0.25, 0.3) is 0 Å². The summed E-state index contributed by atoms with van der Waals surface area (Å²) in [6.07, 6.45) is 7.96. The maximum Gasteiger partial charge on any atom is 0.257 e. The van der Waals surface area contributed by atoms with Crippen molar-refractivity contribution in [1.82, 2.24) is 14.7 Å². The molecule has 0 spiro atoms. The van der Waals surface area contributed by atoms with E-state index in [2.05, 4.69) is 18.9 Å². The zero-order valence-corrected chi connectivity index (χ0v) is 15.2. The summed E-state index contributed by atoms with van der Waals surface area (Å²) >= 11 is 0. The molecule has 134 valence electrons. The van der Waals surface area contributed by atoms with Crippen molar-refractivity contribution in [3.8, 4) is 0 Å². The molecule has 3 rings (SSSR count). The van der Waals surface area contributed by atoms with Gasteiger partial charge in [0.2, 0.25) is 0 Å². The van der Waals surface area contributed by atoms with Crippen LogP contribution >= 0.6 is 0 Å². The summed E-state index contributed by atoms with van der Waals surface area (Å²) in [5, 5.41) is 14.7. The third-order valence-electron chi connectivity index (χ3n) is 5.34. The highest BCUT2D eigenvalue weighted by Gasteiger charge is 2.34. The van der Waals surface area contributed by atoms with Gasteiger partial charge < -0.3 is 10.0 Å². The number of aliphatic hydroxyl groups is 1. The minimum Gasteiger partial charge on any atom is -0.393 e. The molecule has 2 atom stereocenters. The summed E-state index contributed by atoms with van der Waals surface area (Å²) in [4.78, 5) is 14.8. The van der Waals surface area contributed by atoms with Crippen LogP contribution in [0.15, 0.2) is 6.20 Å². The van der Waals surface area contributed by atoms with Gasteiger partial charge in [0.25, 0.3) is 5.91 Å². The molecular weight excluding hydrogens is 302 g/mol. The van der Waals surface area contributed by atoms with Gasteiger partial charge in [-0.1, -0.05) is 26.7 Å². The fourth-order valence-corrected chi connectivity index (χ4v) is 3.88. The van der Waals surface area contributed by atoms with Crippen molar-refractivity contribution in [2.24, 2.45) is 11.8 Å². The normalized spacial score (nSPS) is 24.4. The van der Waals surface area contributed by atoms with Gasteiger partial charge in [-0.3, -0.25) is 9.48 Å². The molecule has 1 amide bonds. The standard InChI is InChI=1S/C19H31N3O2/c1-13(2)11-22-18(14-8-9-14)16(10-20-22)19(24)21(3)12-15-6-4-5-7-17(15)23/h10,13-15,17,23H,4-9,11-12H2,1-3H3. The van der Waals surface area contributed by atoms with Gasteiger partial charge in [0.15, 0.2) is 0 Å². The third kappa shape index (κ3) is 3.82. The molecule has 2 unspecified atom stereocenters. The molecule has 1 N–H and O–H groups in total. The largest absolute Gasteiger partial charge is 0.393 e. The fourth-order valence-electron chi connectivity index (χ4n) is 3.88. The van der Waals surface area contributed by atoms with Crippen molar-refractivity contribution in [2.45, 2.75) is 70.9 Å². The van der Waals surface area contributed by atoms with E-state index in [1.165, 1.54) is 0 Å². The first kappa shape index (κ1) is 17.5. The number of carbonyl (C=O) groups is 1. The Labute approximate surface area is 145 Å². The second-order valence-corrected chi connectivity index (χ2v) is 8.09. The molecule has 2 aliphatic carbocycles. The van der Waals surface area contributed by atoms with Crippen molar-refractivity contribution in [1.29, 1.82) is 0 Å². The first-order chi connectivity index (χ1) is 11.5. The Morgan fingerprint density at radius 3 is 2.67 bits per heavy atom. The van der Waals surface area contributed by atoms with Crippen LogP contribution in [0.5, 0.6) is 0 Å². The highest BCUT2D eigenvalue weighted by molar-refractivity contribution is 5.95. The van der Waals surface area contributed by atoms with E-state index >= 15 is 0 Å². The molecule has 0 radical (unpaired) electrons. The van der Waals surface area contributed by atoms with E-state index in [1.807, 2.05) is 11.7 Å². The molecule has 5 nitrogen and oxygen atoms in total. The van der Waals surface area contributed by atoms with E-state index in [9.17, 15) is 9.90 Å². The topological polar surface area (TPSA) is 58.4 Å². The zero-order chi connectivity index (χ0) is 17.3. The number of carbonyl (C=O) groups excluding carboxylic acids is 1. The average molecular weight is 333 g/mol. The lowest BCUT2D eigenvalue weighted by Crippen LogP contribution is -2.38. The van der Waals surface area contributed by atoms with Crippen LogP contribution in [0.3, 0.4) is 0 Å². The van der Waals surface area contributed by atoms with Gasteiger partial charge in [-0.25, -0.2) is 0 Å². The first-order valence-electron chi connectivity index (χ1n) is 9.46. The maximum atomic E-state index is 13.0. The van der Waals surface area contributed by atoms with Crippen molar-refractivity contribution in [3.05, 3.63) is 17.5 Å². The highest BCUT2D eigenvalue weighted by atomic mass is 16.3. The Kier molecular flexibility index (Phi) is 5.28. The molecule has 1 aromatic heterocycles. The Morgan fingerprint density at radius 2 is 2.04 bits per heavy atom. The van der Waals surface area contributed by atoms with Gasteiger partial charge in [-0.2, -0.15) is 5.10 Å². The quantitative estimate of drug-likeness (QED) is 0.870. The van der Waals surface area contributed by atoms with Crippen LogP contribution in [0.4, 0.5) is 0 Å². The lowest BCUT2D eigenvalue weighted by atomic mass is 9.86. The number of amides is 1. The van der Waals surface area contributed by atoms with E-state index < -0.39 is 0 Å². The van der Waals surface area contributed by atoms with E-state index in [0.29, 0.717) is 18.4 Å². The predicted octanol–water partition coefficient (Wildman–Crippen LogP) is 3.04. The number of rotatable bonds is 6. The number of hydrogen-bond acceptors (Lipinski definition) is 3. The smallest absolute Gasteiger partial charge is 0.257 e. The van der Waals surface area contributed by atoms with Gasteiger partial charge in [0, 0.05) is 32.0 Å². The average Bonchev–Trinajstić information content (AvgIpc) is 3.29. The predicted molar refractivity (Wildman–Crippen MR) is 94.0 cm³/mol. The van der Waals surface area contributed by atoms with E-state index in [4.69, 9.17) is 0 Å². The third-order valence-corrected chi connectivity index (χ3v) is 5.34. The van der Waals surface area contributed by atoms with Crippen LogP contribution in [0.2, 0.25) is 0 Å². The minimum absolute atomic E-state index is 0.0599. The molecule has 5 heteroatoms. The molecule has 0 aliphatic heterocycles. The van der Waals surface area contributed by atoms with Crippen molar-refractivity contribution < 1.29 is 9.90 Å². The van der Waals surface area contributed by atoms with Crippen LogP contribution in [-0.2, 0) is 6.54 Å². The van der Waals surface area contributed by atoms with Gasteiger partial charge in [-0.05, 0) is 31.6 Å². The molecule has 1 heterocycles. The Balaban J connectivity index is 1.73.